The first-order chi connectivity index (χ1) is 7.04. The molecule has 1 aromatic carbocycles. The van der Waals surface area contributed by atoms with E-state index in [2.05, 4.69) is 13.8 Å². The van der Waals surface area contributed by atoms with Crippen molar-refractivity contribution in [1.29, 1.82) is 0 Å². The highest BCUT2D eigenvalue weighted by atomic mass is 16.6. The third-order valence-corrected chi connectivity index (χ3v) is 2.10. The smallest absolute Gasteiger partial charge is 0.269 e. The second-order valence-corrected chi connectivity index (χ2v) is 3.85. The fraction of sp³-hybridized carbons (Fsp3) is 0.455. The summed E-state index contributed by atoms with van der Waals surface area (Å²) in [6.45, 7) is 4.14. The third-order valence-electron chi connectivity index (χ3n) is 2.10. The number of hydrogen-bond donors (Lipinski definition) is 0. The first kappa shape index (κ1) is 11.5. The fourth-order valence-corrected chi connectivity index (χ4v) is 1.48. The van der Waals surface area contributed by atoms with Gasteiger partial charge < -0.3 is 4.74 Å². The van der Waals surface area contributed by atoms with Crippen molar-refractivity contribution < 1.29 is 9.66 Å². The van der Waals surface area contributed by atoms with Gasteiger partial charge in [-0.15, -0.1) is 0 Å². The Labute approximate surface area is 89.0 Å². The van der Waals surface area contributed by atoms with Gasteiger partial charge in [0.25, 0.3) is 5.69 Å². The maximum atomic E-state index is 10.6. The van der Waals surface area contributed by atoms with Gasteiger partial charge in [-0.2, -0.15) is 0 Å². The molecule has 0 spiro atoms. The average molecular weight is 209 g/mol. The summed E-state index contributed by atoms with van der Waals surface area (Å²) in [4.78, 5) is 10.2. The summed E-state index contributed by atoms with van der Waals surface area (Å²) >= 11 is 0. The predicted molar refractivity (Wildman–Crippen MR) is 58.2 cm³/mol. The molecule has 0 heterocycles. The van der Waals surface area contributed by atoms with E-state index in [4.69, 9.17) is 4.74 Å². The van der Waals surface area contributed by atoms with Crippen LogP contribution in [0.25, 0.3) is 0 Å². The normalized spacial score (nSPS) is 10.4. The van der Waals surface area contributed by atoms with Crippen LogP contribution in [-0.2, 0) is 6.42 Å². The van der Waals surface area contributed by atoms with Gasteiger partial charge in [-0.1, -0.05) is 13.8 Å². The monoisotopic (exact) mass is 209 g/mol. The van der Waals surface area contributed by atoms with E-state index in [1.165, 1.54) is 6.07 Å². The van der Waals surface area contributed by atoms with Crippen molar-refractivity contribution in [3.05, 3.63) is 33.9 Å². The average Bonchev–Trinajstić information content (AvgIpc) is 2.16. The number of nitro benzene ring substituents is 1. The van der Waals surface area contributed by atoms with Crippen LogP contribution in [0.1, 0.15) is 19.4 Å². The molecule has 0 atom stereocenters. The highest BCUT2D eigenvalue weighted by molar-refractivity contribution is 5.43. The Balaban J connectivity index is 3.07. The molecule has 0 saturated carbocycles. The van der Waals surface area contributed by atoms with Crippen LogP contribution in [0.5, 0.6) is 5.75 Å². The number of benzene rings is 1. The molecule has 0 radical (unpaired) electrons. The van der Waals surface area contributed by atoms with E-state index in [0.29, 0.717) is 11.7 Å². The first-order valence-corrected chi connectivity index (χ1v) is 4.86. The Bertz CT molecular complexity index is 361. The molecule has 0 unspecified atom stereocenters. The summed E-state index contributed by atoms with van der Waals surface area (Å²) in [5, 5.41) is 10.6. The van der Waals surface area contributed by atoms with Crippen molar-refractivity contribution in [3.63, 3.8) is 0 Å². The molecule has 1 aromatic rings. The molecule has 0 aliphatic carbocycles. The lowest BCUT2D eigenvalue weighted by atomic mass is 10.0. The Hall–Kier alpha value is -1.58. The molecule has 4 heteroatoms. The van der Waals surface area contributed by atoms with Crippen LogP contribution in [0.4, 0.5) is 5.69 Å². The van der Waals surface area contributed by atoms with Crippen molar-refractivity contribution in [2.75, 3.05) is 7.11 Å². The highest BCUT2D eigenvalue weighted by Gasteiger charge is 2.11. The number of nitro groups is 1. The summed E-state index contributed by atoms with van der Waals surface area (Å²) < 4.78 is 5.16. The molecular formula is C11H15NO3. The Kier molecular flexibility index (Phi) is 3.66. The molecule has 0 aromatic heterocycles. The molecule has 0 saturated heterocycles. The second-order valence-electron chi connectivity index (χ2n) is 3.85. The summed E-state index contributed by atoms with van der Waals surface area (Å²) in [6.07, 6.45) is 0.783. The zero-order valence-corrected chi connectivity index (χ0v) is 9.19. The van der Waals surface area contributed by atoms with E-state index in [1.807, 2.05) is 0 Å². The van der Waals surface area contributed by atoms with Crippen LogP contribution in [0.3, 0.4) is 0 Å². The lowest BCUT2D eigenvalue weighted by Gasteiger charge is -2.09. The molecule has 0 bridgehead atoms. The number of ether oxygens (including phenoxy) is 1. The lowest BCUT2D eigenvalue weighted by molar-refractivity contribution is -0.384. The maximum Gasteiger partial charge on any atom is 0.269 e. The first-order valence-electron chi connectivity index (χ1n) is 4.86. The van der Waals surface area contributed by atoms with Crippen molar-refractivity contribution in [2.45, 2.75) is 20.3 Å². The quantitative estimate of drug-likeness (QED) is 0.566. The van der Waals surface area contributed by atoms with Gasteiger partial charge in [0.05, 0.1) is 12.0 Å². The van der Waals surface area contributed by atoms with Crippen LogP contribution in [0.2, 0.25) is 0 Å². The minimum absolute atomic E-state index is 0.117. The third kappa shape index (κ3) is 2.94. The molecule has 15 heavy (non-hydrogen) atoms. The predicted octanol–water partition coefficient (Wildman–Crippen LogP) is 2.80. The lowest BCUT2D eigenvalue weighted by Crippen LogP contribution is -1.99. The minimum Gasteiger partial charge on any atom is -0.496 e. The van der Waals surface area contributed by atoms with Gasteiger partial charge in [-0.25, -0.2) is 0 Å². The zero-order chi connectivity index (χ0) is 11.4. The van der Waals surface area contributed by atoms with Gasteiger partial charge in [0.15, 0.2) is 0 Å². The second kappa shape index (κ2) is 4.77. The topological polar surface area (TPSA) is 52.4 Å². The van der Waals surface area contributed by atoms with Crippen molar-refractivity contribution in [2.24, 2.45) is 5.92 Å². The molecule has 0 fully saturated rings. The minimum atomic E-state index is -0.386. The largest absolute Gasteiger partial charge is 0.496 e. The SMILES string of the molecule is COc1ccc([N+](=O)[O-])cc1CC(C)C. The molecule has 0 amide bonds. The van der Waals surface area contributed by atoms with Crippen LogP contribution in [-0.4, -0.2) is 12.0 Å². The van der Waals surface area contributed by atoms with Gasteiger partial charge in [0.1, 0.15) is 5.75 Å². The molecule has 1 rings (SSSR count). The number of nitrogens with zero attached hydrogens (tertiary/aromatic N) is 1. The number of rotatable bonds is 4. The summed E-state index contributed by atoms with van der Waals surface area (Å²) in [5.74, 6) is 1.16. The number of non-ortho nitro benzene ring substituents is 1. The number of methoxy groups -OCH3 is 1. The van der Waals surface area contributed by atoms with Crippen LogP contribution >= 0.6 is 0 Å². The zero-order valence-electron chi connectivity index (χ0n) is 9.19. The van der Waals surface area contributed by atoms with E-state index < -0.39 is 0 Å². The summed E-state index contributed by atoms with van der Waals surface area (Å²) in [5.41, 5.74) is 1.01. The van der Waals surface area contributed by atoms with Gasteiger partial charge in [-0.3, -0.25) is 10.1 Å². The summed E-state index contributed by atoms with van der Waals surface area (Å²) in [7, 11) is 1.57. The van der Waals surface area contributed by atoms with Crippen LogP contribution in [0, 0.1) is 16.0 Å². The van der Waals surface area contributed by atoms with E-state index >= 15 is 0 Å². The van der Waals surface area contributed by atoms with Gasteiger partial charge in [0, 0.05) is 17.7 Å². The van der Waals surface area contributed by atoms with Crippen molar-refractivity contribution in [1.82, 2.24) is 0 Å². The molecule has 0 aliphatic rings. The van der Waals surface area contributed by atoms with E-state index in [-0.39, 0.29) is 10.6 Å². The van der Waals surface area contributed by atoms with Crippen molar-refractivity contribution >= 4 is 5.69 Å². The Morgan fingerprint density at radius 3 is 2.60 bits per heavy atom. The molecular weight excluding hydrogens is 194 g/mol. The van der Waals surface area contributed by atoms with Gasteiger partial charge in [-0.05, 0) is 18.4 Å². The number of hydrogen-bond acceptors (Lipinski definition) is 3. The molecule has 0 N–H and O–H groups in total. The Morgan fingerprint density at radius 1 is 1.47 bits per heavy atom. The molecule has 82 valence electrons. The van der Waals surface area contributed by atoms with Crippen LogP contribution in [0.15, 0.2) is 18.2 Å². The van der Waals surface area contributed by atoms with E-state index in [9.17, 15) is 10.1 Å². The fourth-order valence-electron chi connectivity index (χ4n) is 1.48. The maximum absolute atomic E-state index is 10.6. The van der Waals surface area contributed by atoms with Gasteiger partial charge >= 0.3 is 0 Å². The standard InChI is InChI=1S/C11H15NO3/c1-8(2)6-9-7-10(12(13)14)4-5-11(9)15-3/h4-5,7-8H,6H2,1-3H3. The van der Waals surface area contributed by atoms with E-state index in [0.717, 1.165) is 12.0 Å². The highest BCUT2D eigenvalue weighted by Crippen LogP contribution is 2.26. The van der Waals surface area contributed by atoms with E-state index in [1.54, 1.807) is 19.2 Å². The summed E-state index contributed by atoms with van der Waals surface area (Å²) in [6, 6.07) is 4.69. The molecule has 4 nitrogen and oxygen atoms in total. The molecule has 0 aliphatic heterocycles. The Morgan fingerprint density at radius 2 is 2.13 bits per heavy atom. The van der Waals surface area contributed by atoms with Crippen molar-refractivity contribution in [3.8, 4) is 5.75 Å². The van der Waals surface area contributed by atoms with Gasteiger partial charge in [0.2, 0.25) is 0 Å². The van der Waals surface area contributed by atoms with Crippen LogP contribution < -0.4 is 4.74 Å².